The van der Waals surface area contributed by atoms with E-state index in [0.29, 0.717) is 29.0 Å². The van der Waals surface area contributed by atoms with E-state index in [1.165, 1.54) is 18.2 Å². The quantitative estimate of drug-likeness (QED) is 0.823. The number of hydrogen-bond donors (Lipinski definition) is 1. The zero-order valence-electron chi connectivity index (χ0n) is 11.4. The second-order valence-electron chi connectivity index (χ2n) is 5.50. The lowest BCUT2D eigenvalue weighted by atomic mass is 10.0. The molecule has 1 atom stereocenters. The molecule has 4 nitrogen and oxygen atoms in total. The standard InChI is InChI=1S/C14H17BrClNO3/c1-14(2)8-17(7-10(6-15)20-14)13(19)11-5-9(18)3-4-12(11)16/h3-5,10,18H,6-8H2,1-2H3. The fraction of sp³-hybridized carbons (Fsp3) is 0.500. The van der Waals surface area contributed by atoms with E-state index in [2.05, 4.69) is 15.9 Å². The van der Waals surface area contributed by atoms with Gasteiger partial charge in [0.05, 0.1) is 22.3 Å². The van der Waals surface area contributed by atoms with Crippen LogP contribution in [0.4, 0.5) is 0 Å². The minimum Gasteiger partial charge on any atom is -0.508 e. The molecule has 1 N–H and O–H groups in total. The van der Waals surface area contributed by atoms with E-state index in [4.69, 9.17) is 16.3 Å². The number of morpholine rings is 1. The fourth-order valence-corrected chi connectivity index (χ4v) is 2.91. The number of phenolic OH excluding ortho intramolecular Hbond substituents is 1. The van der Waals surface area contributed by atoms with Gasteiger partial charge in [-0.2, -0.15) is 0 Å². The number of halogens is 2. The van der Waals surface area contributed by atoms with Gasteiger partial charge in [-0.3, -0.25) is 4.79 Å². The van der Waals surface area contributed by atoms with Crippen LogP contribution >= 0.6 is 27.5 Å². The van der Waals surface area contributed by atoms with Crippen molar-refractivity contribution in [3.8, 4) is 5.75 Å². The first-order valence-electron chi connectivity index (χ1n) is 6.34. The average Bonchev–Trinajstić information content (AvgIpc) is 2.38. The monoisotopic (exact) mass is 361 g/mol. The van der Waals surface area contributed by atoms with Crippen LogP contribution < -0.4 is 0 Å². The summed E-state index contributed by atoms with van der Waals surface area (Å²) in [5.41, 5.74) is -0.0898. The molecule has 0 bridgehead atoms. The molecule has 0 aliphatic carbocycles. The smallest absolute Gasteiger partial charge is 0.255 e. The molecule has 1 aliphatic rings. The highest BCUT2D eigenvalue weighted by atomic mass is 79.9. The van der Waals surface area contributed by atoms with E-state index >= 15 is 0 Å². The van der Waals surface area contributed by atoms with Crippen LogP contribution in [0, 0.1) is 0 Å². The molecule has 0 aromatic heterocycles. The van der Waals surface area contributed by atoms with Gasteiger partial charge in [0.2, 0.25) is 0 Å². The second kappa shape index (κ2) is 5.92. The molecule has 110 valence electrons. The molecule has 0 spiro atoms. The lowest BCUT2D eigenvalue weighted by molar-refractivity contribution is -0.116. The first-order chi connectivity index (χ1) is 9.32. The summed E-state index contributed by atoms with van der Waals surface area (Å²) in [6, 6.07) is 4.39. The van der Waals surface area contributed by atoms with Gasteiger partial charge in [0, 0.05) is 18.4 Å². The summed E-state index contributed by atoms with van der Waals surface area (Å²) in [5.74, 6) is -0.157. The third-order valence-corrected chi connectivity index (χ3v) is 4.17. The normalized spacial score (nSPS) is 21.8. The number of benzene rings is 1. The van der Waals surface area contributed by atoms with Crippen molar-refractivity contribution in [3.63, 3.8) is 0 Å². The third kappa shape index (κ3) is 3.45. The average molecular weight is 363 g/mol. The van der Waals surface area contributed by atoms with Gasteiger partial charge in [-0.1, -0.05) is 27.5 Å². The zero-order chi connectivity index (χ0) is 14.9. The van der Waals surface area contributed by atoms with Gasteiger partial charge in [0.25, 0.3) is 5.91 Å². The Balaban J connectivity index is 2.25. The highest BCUT2D eigenvalue weighted by Gasteiger charge is 2.35. The molecule has 20 heavy (non-hydrogen) atoms. The second-order valence-corrected chi connectivity index (χ2v) is 6.56. The number of aromatic hydroxyl groups is 1. The number of nitrogens with zero attached hydrogens (tertiary/aromatic N) is 1. The molecule has 1 saturated heterocycles. The first-order valence-corrected chi connectivity index (χ1v) is 7.84. The molecule has 1 unspecified atom stereocenters. The van der Waals surface area contributed by atoms with Crippen molar-refractivity contribution in [2.45, 2.75) is 25.6 Å². The predicted octanol–water partition coefficient (Wildman–Crippen LogP) is 3.06. The van der Waals surface area contributed by atoms with Gasteiger partial charge in [0.15, 0.2) is 0 Å². The van der Waals surface area contributed by atoms with Crippen LogP contribution in [0.1, 0.15) is 24.2 Å². The maximum Gasteiger partial charge on any atom is 0.255 e. The number of carbonyl (C=O) groups is 1. The van der Waals surface area contributed by atoms with Crippen molar-refractivity contribution < 1.29 is 14.6 Å². The lowest BCUT2D eigenvalue weighted by Gasteiger charge is -2.42. The summed E-state index contributed by atoms with van der Waals surface area (Å²) >= 11 is 9.45. The van der Waals surface area contributed by atoms with Crippen LogP contribution in [-0.2, 0) is 4.74 Å². The molecule has 1 aromatic carbocycles. The summed E-state index contributed by atoms with van der Waals surface area (Å²) in [4.78, 5) is 14.3. The molecule has 2 rings (SSSR count). The fourth-order valence-electron chi connectivity index (χ4n) is 2.38. The summed E-state index contributed by atoms with van der Waals surface area (Å²) in [7, 11) is 0. The van der Waals surface area contributed by atoms with Crippen LogP contribution in [-0.4, -0.2) is 46.0 Å². The number of carbonyl (C=O) groups excluding carboxylic acids is 1. The van der Waals surface area contributed by atoms with Gasteiger partial charge in [-0.25, -0.2) is 0 Å². The van der Waals surface area contributed by atoms with Crippen LogP contribution in [0.2, 0.25) is 5.02 Å². The summed E-state index contributed by atoms with van der Waals surface area (Å²) in [6.07, 6.45) is -0.0567. The maximum absolute atomic E-state index is 12.6. The summed E-state index contributed by atoms with van der Waals surface area (Å²) < 4.78 is 5.87. The minimum absolute atomic E-state index is 0.0299. The molecular weight excluding hydrogens is 346 g/mol. The predicted molar refractivity (Wildman–Crippen MR) is 81.8 cm³/mol. The first kappa shape index (κ1) is 15.6. The number of phenols is 1. The number of ether oxygens (including phenoxy) is 1. The SMILES string of the molecule is CC1(C)CN(C(=O)c2cc(O)ccc2Cl)CC(CBr)O1. The minimum atomic E-state index is -0.407. The summed E-state index contributed by atoms with van der Waals surface area (Å²) in [6.45, 7) is 4.89. The molecule has 1 aromatic rings. The Morgan fingerprint density at radius 2 is 2.30 bits per heavy atom. The lowest BCUT2D eigenvalue weighted by Crippen LogP contribution is -2.55. The van der Waals surface area contributed by atoms with Crippen LogP contribution in [0.5, 0.6) is 5.75 Å². The van der Waals surface area contributed by atoms with E-state index < -0.39 is 5.60 Å². The van der Waals surface area contributed by atoms with Crippen LogP contribution in [0.3, 0.4) is 0 Å². The van der Waals surface area contributed by atoms with Crippen molar-refractivity contribution >= 4 is 33.4 Å². The number of amides is 1. The molecule has 6 heteroatoms. The van der Waals surface area contributed by atoms with Gasteiger partial charge >= 0.3 is 0 Å². The van der Waals surface area contributed by atoms with Crippen molar-refractivity contribution in [1.82, 2.24) is 4.90 Å². The van der Waals surface area contributed by atoms with E-state index in [1.807, 2.05) is 13.8 Å². The highest BCUT2D eigenvalue weighted by molar-refractivity contribution is 9.09. The summed E-state index contributed by atoms with van der Waals surface area (Å²) in [5, 5.41) is 10.5. The van der Waals surface area contributed by atoms with Crippen molar-refractivity contribution in [2.75, 3.05) is 18.4 Å². The molecule has 1 aliphatic heterocycles. The molecule has 1 fully saturated rings. The Morgan fingerprint density at radius 1 is 1.60 bits per heavy atom. The topological polar surface area (TPSA) is 49.8 Å². The Morgan fingerprint density at radius 3 is 2.95 bits per heavy atom. The van der Waals surface area contributed by atoms with Crippen molar-refractivity contribution in [3.05, 3.63) is 28.8 Å². The Hall–Kier alpha value is -0.780. The Labute approximate surface area is 131 Å². The van der Waals surface area contributed by atoms with E-state index in [1.54, 1.807) is 4.90 Å². The maximum atomic E-state index is 12.6. The third-order valence-electron chi connectivity index (χ3n) is 3.12. The molecule has 1 heterocycles. The molecule has 0 radical (unpaired) electrons. The number of hydrogen-bond acceptors (Lipinski definition) is 3. The van der Waals surface area contributed by atoms with E-state index in [0.717, 1.165) is 0 Å². The van der Waals surface area contributed by atoms with E-state index in [9.17, 15) is 9.90 Å². The van der Waals surface area contributed by atoms with Gasteiger partial charge in [-0.15, -0.1) is 0 Å². The van der Waals surface area contributed by atoms with Gasteiger partial charge in [0.1, 0.15) is 5.75 Å². The van der Waals surface area contributed by atoms with Crippen molar-refractivity contribution in [1.29, 1.82) is 0 Å². The Kier molecular flexibility index (Phi) is 4.62. The molecule has 0 saturated carbocycles. The number of rotatable bonds is 2. The van der Waals surface area contributed by atoms with Gasteiger partial charge < -0.3 is 14.7 Å². The molecule has 1 amide bonds. The highest BCUT2D eigenvalue weighted by Crippen LogP contribution is 2.27. The number of alkyl halides is 1. The van der Waals surface area contributed by atoms with Gasteiger partial charge in [-0.05, 0) is 32.0 Å². The van der Waals surface area contributed by atoms with E-state index in [-0.39, 0.29) is 17.8 Å². The largest absolute Gasteiger partial charge is 0.508 e. The van der Waals surface area contributed by atoms with Crippen LogP contribution in [0.25, 0.3) is 0 Å². The zero-order valence-corrected chi connectivity index (χ0v) is 13.7. The molecular formula is C14H17BrClNO3. The Bertz CT molecular complexity index is 521. The van der Waals surface area contributed by atoms with Crippen molar-refractivity contribution in [2.24, 2.45) is 0 Å². The van der Waals surface area contributed by atoms with Crippen LogP contribution in [0.15, 0.2) is 18.2 Å².